The predicted octanol–water partition coefficient (Wildman–Crippen LogP) is 4.87. The molecule has 0 radical (unpaired) electrons. The van der Waals surface area contributed by atoms with Crippen molar-refractivity contribution in [3.05, 3.63) is 28.8 Å². The Morgan fingerprint density at radius 1 is 1.19 bits per heavy atom. The molecule has 0 unspecified atom stereocenters. The molecule has 2 aliphatic rings. The summed E-state index contributed by atoms with van der Waals surface area (Å²) in [7, 11) is 0. The Kier molecular flexibility index (Phi) is 6.46. The molecular weight excluding hydrogens is 346 g/mol. The highest BCUT2D eigenvalue weighted by Crippen LogP contribution is 2.26. The summed E-state index contributed by atoms with van der Waals surface area (Å²) in [5, 5.41) is 3.56. The molecule has 5 heteroatoms. The van der Waals surface area contributed by atoms with Crippen molar-refractivity contribution in [3.8, 4) is 0 Å². The number of nitrogens with zero attached hydrogens (tertiary/aromatic N) is 2. The highest BCUT2D eigenvalue weighted by Gasteiger charge is 2.27. The van der Waals surface area contributed by atoms with E-state index in [2.05, 4.69) is 24.1 Å². The number of amides is 2. The maximum absolute atomic E-state index is 12.5. The van der Waals surface area contributed by atoms with Crippen molar-refractivity contribution < 1.29 is 4.79 Å². The van der Waals surface area contributed by atoms with Crippen LogP contribution in [0, 0.1) is 24.7 Å². The average molecular weight is 378 g/mol. The molecule has 0 spiro atoms. The molecule has 0 saturated carbocycles. The van der Waals surface area contributed by atoms with E-state index in [1.165, 1.54) is 26.1 Å². The molecule has 1 aromatic carbocycles. The lowest BCUT2D eigenvalue weighted by Crippen LogP contribution is -2.46. The van der Waals surface area contributed by atoms with Crippen LogP contribution in [0.3, 0.4) is 0 Å². The number of aryl methyl sites for hydroxylation is 1. The van der Waals surface area contributed by atoms with Gasteiger partial charge >= 0.3 is 6.03 Å². The summed E-state index contributed by atoms with van der Waals surface area (Å²) < 4.78 is 0. The van der Waals surface area contributed by atoms with Crippen molar-refractivity contribution in [2.45, 2.75) is 40.0 Å². The van der Waals surface area contributed by atoms with E-state index in [1.807, 2.05) is 30.0 Å². The third-order valence-electron chi connectivity index (χ3n) is 5.73. The van der Waals surface area contributed by atoms with Crippen molar-refractivity contribution >= 4 is 23.3 Å². The molecule has 2 aliphatic heterocycles. The highest BCUT2D eigenvalue weighted by atomic mass is 35.5. The van der Waals surface area contributed by atoms with Crippen LogP contribution in [0.4, 0.5) is 10.5 Å². The molecule has 2 saturated heterocycles. The highest BCUT2D eigenvalue weighted by molar-refractivity contribution is 6.33. The minimum absolute atomic E-state index is 0.0329. The first-order chi connectivity index (χ1) is 12.4. The van der Waals surface area contributed by atoms with Gasteiger partial charge in [-0.3, -0.25) is 0 Å². The number of nitrogens with one attached hydrogen (secondary N) is 1. The van der Waals surface area contributed by atoms with Gasteiger partial charge in [-0.05, 0) is 61.6 Å². The number of halogens is 1. The summed E-state index contributed by atoms with van der Waals surface area (Å²) in [6.07, 6.45) is 3.54. The second kappa shape index (κ2) is 8.62. The van der Waals surface area contributed by atoms with Gasteiger partial charge in [-0.2, -0.15) is 0 Å². The van der Waals surface area contributed by atoms with E-state index < -0.39 is 0 Å². The van der Waals surface area contributed by atoms with E-state index in [9.17, 15) is 4.79 Å². The quantitative estimate of drug-likeness (QED) is 0.815. The molecule has 26 heavy (non-hydrogen) atoms. The van der Waals surface area contributed by atoms with Crippen LogP contribution >= 0.6 is 11.6 Å². The summed E-state index contributed by atoms with van der Waals surface area (Å²) >= 11 is 6.23. The molecule has 0 bridgehead atoms. The first-order valence-corrected chi connectivity index (χ1v) is 10.3. The SMILES string of the molecule is Cc1ccc(NC(=O)N2CCC(CN3C[C@H](C)C[C@H](C)C3)CC2)c(Cl)c1. The minimum atomic E-state index is -0.0329. The number of carbonyl (C=O) groups is 1. The summed E-state index contributed by atoms with van der Waals surface area (Å²) in [5.74, 6) is 2.33. The molecule has 2 atom stereocenters. The third-order valence-corrected chi connectivity index (χ3v) is 6.04. The number of urea groups is 1. The average Bonchev–Trinajstić information content (AvgIpc) is 2.57. The molecule has 144 valence electrons. The molecule has 1 aromatic rings. The number of rotatable bonds is 3. The number of carbonyl (C=O) groups excluding carboxylic acids is 1. The Morgan fingerprint density at radius 3 is 2.46 bits per heavy atom. The lowest BCUT2D eigenvalue weighted by molar-refractivity contribution is 0.101. The summed E-state index contributed by atoms with van der Waals surface area (Å²) in [4.78, 5) is 17.1. The zero-order valence-electron chi connectivity index (χ0n) is 16.3. The summed E-state index contributed by atoms with van der Waals surface area (Å²) in [5.41, 5.74) is 1.79. The topological polar surface area (TPSA) is 35.6 Å². The van der Waals surface area contributed by atoms with Gasteiger partial charge in [0.05, 0.1) is 10.7 Å². The van der Waals surface area contributed by atoms with Gasteiger partial charge in [-0.25, -0.2) is 4.79 Å². The zero-order chi connectivity index (χ0) is 18.7. The van der Waals surface area contributed by atoms with Crippen molar-refractivity contribution in [1.29, 1.82) is 0 Å². The van der Waals surface area contributed by atoms with Crippen molar-refractivity contribution in [2.24, 2.45) is 17.8 Å². The van der Waals surface area contributed by atoms with Crippen molar-refractivity contribution in [3.63, 3.8) is 0 Å². The smallest absolute Gasteiger partial charge is 0.321 e. The van der Waals surface area contributed by atoms with Gasteiger partial charge in [0.25, 0.3) is 0 Å². The normalized spacial score (nSPS) is 25.3. The standard InChI is InChI=1S/C21H32ClN3O/c1-15-4-5-20(19(22)11-15)23-21(26)25-8-6-18(7-9-25)14-24-12-16(2)10-17(3)13-24/h4-5,11,16-18H,6-10,12-14H2,1-3H3,(H,23,26)/t16-,17+. The van der Waals surface area contributed by atoms with E-state index in [4.69, 9.17) is 11.6 Å². The van der Waals surface area contributed by atoms with Gasteiger partial charge in [-0.15, -0.1) is 0 Å². The van der Waals surface area contributed by atoms with Gasteiger partial charge < -0.3 is 15.1 Å². The monoisotopic (exact) mass is 377 g/mol. The molecule has 2 fully saturated rings. The van der Waals surface area contributed by atoms with Gasteiger partial charge in [0.15, 0.2) is 0 Å². The fraction of sp³-hybridized carbons (Fsp3) is 0.667. The van der Waals surface area contributed by atoms with Crippen LogP contribution in [0.1, 0.15) is 38.7 Å². The van der Waals surface area contributed by atoms with Gasteiger partial charge in [0.1, 0.15) is 0 Å². The van der Waals surface area contributed by atoms with E-state index in [0.29, 0.717) is 16.6 Å². The Bertz CT molecular complexity index is 618. The molecule has 3 rings (SSSR count). The third kappa shape index (κ3) is 5.14. The fourth-order valence-electron chi connectivity index (χ4n) is 4.54. The van der Waals surface area contributed by atoms with Crippen LogP contribution in [-0.2, 0) is 0 Å². The Morgan fingerprint density at radius 2 is 1.85 bits per heavy atom. The minimum Gasteiger partial charge on any atom is -0.325 e. The van der Waals surface area contributed by atoms with Crippen LogP contribution in [-0.4, -0.2) is 48.6 Å². The number of benzene rings is 1. The van der Waals surface area contributed by atoms with Crippen LogP contribution < -0.4 is 5.32 Å². The second-order valence-electron chi connectivity index (χ2n) is 8.51. The maximum atomic E-state index is 12.5. The molecular formula is C21H32ClN3O. The molecule has 1 N–H and O–H groups in total. The predicted molar refractivity (Wildman–Crippen MR) is 109 cm³/mol. The summed E-state index contributed by atoms with van der Waals surface area (Å²) in [6.45, 7) is 12.0. The van der Waals surface area contributed by atoms with Crippen LogP contribution in [0.5, 0.6) is 0 Å². The second-order valence-corrected chi connectivity index (χ2v) is 8.92. The number of hydrogen-bond acceptors (Lipinski definition) is 2. The van der Waals surface area contributed by atoms with Crippen LogP contribution in [0.15, 0.2) is 18.2 Å². The Balaban J connectivity index is 1.46. The van der Waals surface area contributed by atoms with Crippen LogP contribution in [0.25, 0.3) is 0 Å². The lowest BCUT2D eigenvalue weighted by Gasteiger charge is -2.39. The molecule has 4 nitrogen and oxygen atoms in total. The lowest BCUT2D eigenvalue weighted by atomic mass is 9.89. The fourth-order valence-corrected chi connectivity index (χ4v) is 4.82. The van der Waals surface area contributed by atoms with Gasteiger partial charge in [0.2, 0.25) is 0 Å². The van der Waals surface area contributed by atoms with E-state index in [1.54, 1.807) is 0 Å². The largest absolute Gasteiger partial charge is 0.325 e. The maximum Gasteiger partial charge on any atom is 0.321 e. The van der Waals surface area contributed by atoms with Gasteiger partial charge in [-0.1, -0.05) is 31.5 Å². The summed E-state index contributed by atoms with van der Waals surface area (Å²) in [6, 6.07) is 5.69. The Hall–Kier alpha value is -1.26. The molecule has 2 heterocycles. The molecule has 0 aromatic heterocycles. The number of hydrogen-bond donors (Lipinski definition) is 1. The zero-order valence-corrected chi connectivity index (χ0v) is 17.1. The molecule has 2 amide bonds. The first kappa shape index (κ1) is 19.5. The van der Waals surface area contributed by atoms with E-state index >= 15 is 0 Å². The van der Waals surface area contributed by atoms with Crippen molar-refractivity contribution in [2.75, 3.05) is 38.0 Å². The van der Waals surface area contributed by atoms with Crippen molar-refractivity contribution in [1.82, 2.24) is 9.80 Å². The number of piperidine rings is 2. The van der Waals surface area contributed by atoms with Gasteiger partial charge in [0, 0.05) is 32.7 Å². The first-order valence-electron chi connectivity index (χ1n) is 9.95. The Labute approximate surface area is 162 Å². The number of anilines is 1. The van der Waals surface area contributed by atoms with Crippen LogP contribution in [0.2, 0.25) is 5.02 Å². The number of likely N-dealkylation sites (tertiary alicyclic amines) is 2. The van der Waals surface area contributed by atoms with E-state index in [0.717, 1.165) is 43.3 Å². The molecule has 0 aliphatic carbocycles. The van der Waals surface area contributed by atoms with E-state index in [-0.39, 0.29) is 6.03 Å².